The van der Waals surface area contributed by atoms with Crippen molar-refractivity contribution in [3.8, 4) is 0 Å². The van der Waals surface area contributed by atoms with E-state index in [9.17, 15) is 14.0 Å². The minimum absolute atomic E-state index is 0.0239. The van der Waals surface area contributed by atoms with E-state index in [1.54, 1.807) is 23.1 Å². The molecule has 2 aromatic rings. The fourth-order valence-electron chi connectivity index (χ4n) is 2.85. The van der Waals surface area contributed by atoms with Gasteiger partial charge in [-0.25, -0.2) is 9.37 Å². The number of anilines is 1. The Balaban J connectivity index is 1.68. The van der Waals surface area contributed by atoms with Crippen LogP contribution in [0.4, 0.5) is 10.3 Å². The number of aromatic nitrogens is 2. The molecule has 1 aromatic heterocycles. The minimum Gasteiger partial charge on any atom is -0.369 e. The van der Waals surface area contributed by atoms with Crippen LogP contribution in [0, 0.1) is 5.82 Å². The van der Waals surface area contributed by atoms with Crippen LogP contribution in [0.3, 0.4) is 0 Å². The maximum atomic E-state index is 13.6. The van der Waals surface area contributed by atoms with Crippen molar-refractivity contribution in [2.75, 3.05) is 18.8 Å². The Bertz CT molecular complexity index is 790. The van der Waals surface area contributed by atoms with Gasteiger partial charge in [-0.05, 0) is 18.1 Å². The molecule has 0 radical (unpaired) electrons. The van der Waals surface area contributed by atoms with Crippen LogP contribution in [-0.2, 0) is 11.2 Å². The normalized spacial score (nSPS) is 17.4. The summed E-state index contributed by atoms with van der Waals surface area (Å²) in [4.78, 5) is 32.0. The largest absolute Gasteiger partial charge is 0.369 e. The summed E-state index contributed by atoms with van der Waals surface area (Å²) in [5, 5.41) is 0. The van der Waals surface area contributed by atoms with E-state index >= 15 is 0 Å². The van der Waals surface area contributed by atoms with Crippen LogP contribution >= 0.6 is 0 Å². The number of H-pyrrole nitrogens is 1. The molecule has 1 fully saturated rings. The summed E-state index contributed by atoms with van der Waals surface area (Å²) in [5.74, 6) is -0.455. The molecule has 23 heavy (non-hydrogen) atoms. The Morgan fingerprint density at radius 2 is 2.22 bits per heavy atom. The van der Waals surface area contributed by atoms with Gasteiger partial charge in [-0.2, -0.15) is 0 Å². The van der Waals surface area contributed by atoms with Crippen molar-refractivity contribution in [2.24, 2.45) is 0 Å². The van der Waals surface area contributed by atoms with Crippen molar-refractivity contribution in [3.05, 3.63) is 57.8 Å². The first-order valence-electron chi connectivity index (χ1n) is 7.41. The Hall–Kier alpha value is -2.70. The van der Waals surface area contributed by atoms with E-state index in [1.165, 1.54) is 12.1 Å². The van der Waals surface area contributed by atoms with E-state index < -0.39 is 0 Å². The molecule has 3 rings (SSSR count). The number of likely N-dealkylation sites (tertiary alicyclic amines) is 1. The van der Waals surface area contributed by atoms with E-state index in [2.05, 4.69) is 9.97 Å². The van der Waals surface area contributed by atoms with Gasteiger partial charge in [-0.1, -0.05) is 18.2 Å². The molecule has 0 bridgehead atoms. The molecule has 1 aliphatic rings. The molecule has 1 amide bonds. The van der Waals surface area contributed by atoms with Crippen LogP contribution in [0.2, 0.25) is 0 Å². The van der Waals surface area contributed by atoms with Gasteiger partial charge in [0.1, 0.15) is 5.82 Å². The van der Waals surface area contributed by atoms with Gasteiger partial charge in [0.2, 0.25) is 11.9 Å². The Labute approximate surface area is 132 Å². The van der Waals surface area contributed by atoms with Gasteiger partial charge in [0.25, 0.3) is 5.56 Å². The van der Waals surface area contributed by atoms with Crippen molar-refractivity contribution in [1.82, 2.24) is 14.9 Å². The smallest absolute Gasteiger partial charge is 0.252 e. The van der Waals surface area contributed by atoms with Gasteiger partial charge in [-0.3, -0.25) is 14.6 Å². The fourth-order valence-corrected chi connectivity index (χ4v) is 2.85. The number of benzene rings is 1. The van der Waals surface area contributed by atoms with Gasteiger partial charge >= 0.3 is 0 Å². The van der Waals surface area contributed by atoms with Crippen LogP contribution in [0.15, 0.2) is 35.1 Å². The highest BCUT2D eigenvalue weighted by molar-refractivity contribution is 5.79. The monoisotopic (exact) mass is 316 g/mol. The standard InChI is InChI=1S/C16H17FN4O2/c17-12-4-2-1-3-10(12)7-15(23)21-6-5-11(9-21)13-8-14(22)20-16(18)19-13/h1-4,8,11H,5-7,9H2,(H3,18,19,20,22). The van der Waals surface area contributed by atoms with Crippen LogP contribution in [-0.4, -0.2) is 33.9 Å². The predicted octanol–water partition coefficient (Wildman–Crippen LogP) is 1.05. The van der Waals surface area contributed by atoms with Crippen molar-refractivity contribution < 1.29 is 9.18 Å². The number of rotatable bonds is 3. The summed E-state index contributed by atoms with van der Waals surface area (Å²) < 4.78 is 13.6. The maximum absolute atomic E-state index is 13.6. The third-order valence-electron chi connectivity index (χ3n) is 4.04. The lowest BCUT2D eigenvalue weighted by Crippen LogP contribution is -2.30. The Morgan fingerprint density at radius 1 is 1.43 bits per heavy atom. The first kappa shape index (κ1) is 15.2. The lowest BCUT2D eigenvalue weighted by Gasteiger charge is -2.16. The Morgan fingerprint density at radius 3 is 2.96 bits per heavy atom. The highest BCUT2D eigenvalue weighted by Gasteiger charge is 2.28. The van der Waals surface area contributed by atoms with Gasteiger partial charge in [-0.15, -0.1) is 0 Å². The number of nitrogens with zero attached hydrogens (tertiary/aromatic N) is 2. The number of nitrogens with one attached hydrogen (secondary N) is 1. The number of aromatic amines is 1. The zero-order valence-electron chi connectivity index (χ0n) is 12.5. The quantitative estimate of drug-likeness (QED) is 0.885. The number of hydrogen-bond donors (Lipinski definition) is 2. The van der Waals surface area contributed by atoms with Crippen LogP contribution in [0.5, 0.6) is 0 Å². The van der Waals surface area contributed by atoms with Crippen LogP contribution in [0.25, 0.3) is 0 Å². The third kappa shape index (κ3) is 3.39. The van der Waals surface area contributed by atoms with Crippen molar-refractivity contribution in [1.29, 1.82) is 0 Å². The predicted molar refractivity (Wildman–Crippen MR) is 83.3 cm³/mol. The molecule has 1 unspecified atom stereocenters. The second-order valence-electron chi connectivity index (χ2n) is 5.65. The molecule has 1 aromatic carbocycles. The molecule has 2 heterocycles. The third-order valence-corrected chi connectivity index (χ3v) is 4.04. The Kier molecular flexibility index (Phi) is 4.10. The summed E-state index contributed by atoms with van der Waals surface area (Å²) in [7, 11) is 0. The van der Waals surface area contributed by atoms with E-state index in [4.69, 9.17) is 5.73 Å². The highest BCUT2D eigenvalue weighted by Crippen LogP contribution is 2.26. The number of halogens is 1. The molecule has 7 heteroatoms. The number of amides is 1. The van der Waals surface area contributed by atoms with Crippen molar-refractivity contribution >= 4 is 11.9 Å². The molecular formula is C16H17FN4O2. The average molecular weight is 316 g/mol. The van der Waals surface area contributed by atoms with Gasteiger partial charge in [0.15, 0.2) is 0 Å². The molecule has 6 nitrogen and oxygen atoms in total. The van der Waals surface area contributed by atoms with Crippen molar-refractivity contribution in [3.63, 3.8) is 0 Å². The summed E-state index contributed by atoms with van der Waals surface area (Å²) in [6, 6.07) is 7.67. The number of nitrogens with two attached hydrogens (primary N) is 1. The summed E-state index contributed by atoms with van der Waals surface area (Å²) in [6.45, 7) is 1.02. The molecule has 1 aliphatic heterocycles. The van der Waals surface area contributed by atoms with Gasteiger partial charge in [0.05, 0.1) is 12.1 Å². The first-order chi connectivity index (χ1) is 11.0. The van der Waals surface area contributed by atoms with E-state index in [1.807, 2.05) is 0 Å². The van der Waals surface area contributed by atoms with E-state index in [-0.39, 0.29) is 35.6 Å². The maximum Gasteiger partial charge on any atom is 0.252 e. The molecule has 3 N–H and O–H groups in total. The zero-order valence-corrected chi connectivity index (χ0v) is 12.5. The summed E-state index contributed by atoms with van der Waals surface area (Å²) in [5.41, 5.74) is 6.23. The first-order valence-corrected chi connectivity index (χ1v) is 7.41. The van der Waals surface area contributed by atoms with Gasteiger partial charge < -0.3 is 10.6 Å². The lowest BCUT2D eigenvalue weighted by atomic mass is 10.0. The molecule has 120 valence electrons. The average Bonchev–Trinajstić information content (AvgIpc) is 2.98. The van der Waals surface area contributed by atoms with E-state index in [0.717, 1.165) is 0 Å². The fraction of sp³-hybridized carbons (Fsp3) is 0.312. The van der Waals surface area contributed by atoms with Crippen LogP contribution in [0.1, 0.15) is 23.6 Å². The minimum atomic E-state index is -0.374. The molecule has 0 spiro atoms. The summed E-state index contributed by atoms with van der Waals surface area (Å²) in [6.07, 6.45) is 0.739. The SMILES string of the molecule is Nc1nc(C2CCN(C(=O)Cc3ccccc3F)C2)cc(=O)[nH]1. The molecule has 0 aliphatic carbocycles. The van der Waals surface area contributed by atoms with E-state index in [0.29, 0.717) is 30.8 Å². The summed E-state index contributed by atoms with van der Waals surface area (Å²) >= 11 is 0. The number of nitrogen functional groups attached to an aromatic ring is 1. The number of carbonyl (C=O) groups is 1. The molecule has 1 atom stereocenters. The second kappa shape index (κ2) is 6.20. The van der Waals surface area contributed by atoms with Gasteiger partial charge in [0, 0.05) is 25.1 Å². The number of hydrogen-bond acceptors (Lipinski definition) is 4. The number of carbonyl (C=O) groups excluding carboxylic acids is 1. The molecular weight excluding hydrogens is 299 g/mol. The highest BCUT2D eigenvalue weighted by atomic mass is 19.1. The van der Waals surface area contributed by atoms with Crippen molar-refractivity contribution in [2.45, 2.75) is 18.8 Å². The topological polar surface area (TPSA) is 92.1 Å². The zero-order chi connectivity index (χ0) is 16.4. The molecule has 1 saturated heterocycles. The van der Waals surface area contributed by atoms with Crippen LogP contribution < -0.4 is 11.3 Å². The molecule has 0 saturated carbocycles. The lowest BCUT2D eigenvalue weighted by molar-refractivity contribution is -0.129. The second-order valence-corrected chi connectivity index (χ2v) is 5.65.